The summed E-state index contributed by atoms with van der Waals surface area (Å²) in [6.07, 6.45) is 4.70. The van der Waals surface area contributed by atoms with Gasteiger partial charge < -0.3 is 5.32 Å². The van der Waals surface area contributed by atoms with Gasteiger partial charge >= 0.3 is 6.18 Å². The van der Waals surface area contributed by atoms with Crippen LogP contribution in [0.15, 0.2) is 102 Å². The SMILES string of the molecule is C=C/C=C(\C=C(/C)C(=O)Nc1ccc(-n2nc(-c3cccnc3)cc2C(F)(F)F)nn1)c1cccc(S(C)=O)c1.CC. The number of hydrogen-bond acceptors (Lipinski definition) is 6. The number of anilines is 1. The number of allylic oxidation sites excluding steroid dienone is 4. The van der Waals surface area contributed by atoms with E-state index < -0.39 is 28.6 Å². The van der Waals surface area contributed by atoms with E-state index in [1.807, 2.05) is 19.9 Å². The van der Waals surface area contributed by atoms with Crippen LogP contribution < -0.4 is 5.32 Å². The number of benzene rings is 1. The number of rotatable bonds is 8. The predicted octanol–water partition coefficient (Wildman–Crippen LogP) is 6.66. The van der Waals surface area contributed by atoms with Crippen LogP contribution >= 0.6 is 0 Å². The molecule has 3 heterocycles. The third-order valence-electron chi connectivity index (χ3n) is 5.59. The number of nitrogens with one attached hydrogen (secondary N) is 1. The van der Waals surface area contributed by atoms with E-state index in [2.05, 4.69) is 32.2 Å². The highest BCUT2D eigenvalue weighted by Gasteiger charge is 2.37. The van der Waals surface area contributed by atoms with E-state index in [0.717, 1.165) is 11.6 Å². The number of carbonyl (C=O) groups excluding carboxylic acids is 1. The first-order chi connectivity index (χ1) is 20.1. The monoisotopic (exact) mass is 594 g/mol. The van der Waals surface area contributed by atoms with Crippen molar-refractivity contribution >= 4 is 28.1 Å². The van der Waals surface area contributed by atoms with Crippen LogP contribution in [0.2, 0.25) is 0 Å². The molecule has 0 fully saturated rings. The minimum Gasteiger partial charge on any atom is -0.305 e. The first-order valence-corrected chi connectivity index (χ1v) is 14.3. The molecule has 12 heteroatoms. The van der Waals surface area contributed by atoms with Gasteiger partial charge in [-0.05, 0) is 66.6 Å². The molecule has 0 saturated heterocycles. The number of aromatic nitrogens is 5. The summed E-state index contributed by atoms with van der Waals surface area (Å²) in [5.74, 6) is -0.648. The van der Waals surface area contributed by atoms with Gasteiger partial charge in [0.1, 0.15) is 0 Å². The Morgan fingerprint density at radius 3 is 2.43 bits per heavy atom. The third-order valence-corrected chi connectivity index (χ3v) is 6.51. The minimum absolute atomic E-state index is 0.0346. The first kappa shape index (κ1) is 31.8. The smallest absolute Gasteiger partial charge is 0.305 e. The standard InChI is InChI=1S/C28H23F3N6O2S.C2H6/c1-4-7-19(20-8-5-10-22(15-20)40(3)39)14-18(2)27(38)33-25-11-12-26(35-34-25)37-24(28(29,30)31)16-23(36-37)21-9-6-13-32-17-21;1-2/h4-17H,1H2,2-3H3,(H,33,34,38);1-2H3/b18-14+,19-7+;. The number of nitrogens with zero attached hydrogens (tertiary/aromatic N) is 5. The molecule has 1 N–H and O–H groups in total. The lowest BCUT2D eigenvalue weighted by atomic mass is 10.0. The number of carbonyl (C=O) groups is 1. The van der Waals surface area contributed by atoms with Gasteiger partial charge in [-0.1, -0.05) is 44.7 Å². The van der Waals surface area contributed by atoms with E-state index in [4.69, 9.17) is 0 Å². The second-order valence-electron chi connectivity index (χ2n) is 8.46. The van der Waals surface area contributed by atoms with E-state index in [-0.39, 0.29) is 17.3 Å². The minimum atomic E-state index is -4.70. The number of pyridine rings is 1. The summed E-state index contributed by atoms with van der Waals surface area (Å²) in [4.78, 5) is 17.4. The highest BCUT2D eigenvalue weighted by atomic mass is 32.2. The van der Waals surface area contributed by atoms with Gasteiger partial charge in [-0.25, -0.2) is 4.68 Å². The van der Waals surface area contributed by atoms with Crippen LogP contribution in [-0.2, 0) is 21.8 Å². The average molecular weight is 595 g/mol. The quantitative estimate of drug-likeness (QED) is 0.181. The summed E-state index contributed by atoms with van der Waals surface area (Å²) in [6, 6.07) is 13.8. The lowest BCUT2D eigenvalue weighted by Gasteiger charge is -2.10. The molecule has 0 aliphatic carbocycles. The van der Waals surface area contributed by atoms with Crippen LogP contribution in [-0.4, -0.2) is 41.3 Å². The van der Waals surface area contributed by atoms with Gasteiger partial charge in [0.25, 0.3) is 5.91 Å². The molecule has 1 aromatic carbocycles. The largest absolute Gasteiger partial charge is 0.433 e. The summed E-state index contributed by atoms with van der Waals surface area (Å²) < 4.78 is 53.7. The molecular formula is C30H29F3N6O2S. The zero-order valence-electron chi connectivity index (χ0n) is 23.4. The highest BCUT2D eigenvalue weighted by Crippen LogP contribution is 2.33. The molecule has 1 unspecified atom stereocenters. The van der Waals surface area contributed by atoms with E-state index in [1.165, 1.54) is 24.5 Å². The number of amides is 1. The summed E-state index contributed by atoms with van der Waals surface area (Å²) in [5, 5.41) is 14.4. The Balaban J connectivity index is 0.00000237. The second-order valence-corrected chi connectivity index (χ2v) is 9.84. The van der Waals surface area contributed by atoms with Crippen LogP contribution in [0.1, 0.15) is 32.0 Å². The summed E-state index contributed by atoms with van der Waals surface area (Å²) in [5.41, 5.74) is 1.17. The Hall–Kier alpha value is -4.71. The van der Waals surface area contributed by atoms with Crippen LogP contribution in [0.5, 0.6) is 0 Å². The van der Waals surface area contributed by atoms with E-state index in [1.54, 1.807) is 61.7 Å². The fourth-order valence-electron chi connectivity index (χ4n) is 3.64. The first-order valence-electron chi connectivity index (χ1n) is 12.7. The maximum Gasteiger partial charge on any atom is 0.433 e. The maximum absolute atomic E-state index is 13.7. The molecular weight excluding hydrogens is 565 g/mol. The molecule has 0 radical (unpaired) electrons. The molecule has 42 heavy (non-hydrogen) atoms. The number of alkyl halides is 3. The molecule has 8 nitrogen and oxygen atoms in total. The molecule has 1 amide bonds. The fraction of sp³-hybridized carbons (Fsp3) is 0.167. The fourth-order valence-corrected chi connectivity index (χ4v) is 4.20. The molecule has 3 aromatic heterocycles. The molecule has 4 rings (SSSR count). The van der Waals surface area contributed by atoms with Crippen molar-refractivity contribution in [2.24, 2.45) is 0 Å². The lowest BCUT2D eigenvalue weighted by molar-refractivity contribution is -0.142. The van der Waals surface area contributed by atoms with E-state index >= 15 is 0 Å². The molecule has 0 saturated carbocycles. The Morgan fingerprint density at radius 1 is 1.07 bits per heavy atom. The van der Waals surface area contributed by atoms with Gasteiger partial charge in [0.15, 0.2) is 17.3 Å². The van der Waals surface area contributed by atoms with Gasteiger partial charge in [-0.15, -0.1) is 10.2 Å². The van der Waals surface area contributed by atoms with Crippen LogP contribution in [0.4, 0.5) is 19.0 Å². The average Bonchev–Trinajstić information content (AvgIpc) is 3.45. The normalized spacial score (nSPS) is 12.6. The van der Waals surface area contributed by atoms with Crippen molar-refractivity contribution in [3.8, 4) is 17.1 Å². The van der Waals surface area contributed by atoms with Crippen LogP contribution in [0.3, 0.4) is 0 Å². The zero-order chi connectivity index (χ0) is 30.9. The molecule has 0 aliphatic heterocycles. The molecule has 1 atom stereocenters. The zero-order valence-corrected chi connectivity index (χ0v) is 24.2. The van der Waals surface area contributed by atoms with Crippen molar-refractivity contribution in [3.05, 3.63) is 109 Å². The Labute approximate surface area is 244 Å². The van der Waals surface area contributed by atoms with Gasteiger partial charge in [-0.3, -0.25) is 14.0 Å². The maximum atomic E-state index is 13.7. The second kappa shape index (κ2) is 14.3. The highest BCUT2D eigenvalue weighted by molar-refractivity contribution is 7.84. The third kappa shape index (κ3) is 7.94. The van der Waals surface area contributed by atoms with E-state index in [0.29, 0.717) is 26.3 Å². The van der Waals surface area contributed by atoms with Crippen LogP contribution in [0.25, 0.3) is 22.6 Å². The molecule has 4 aromatic rings. The van der Waals surface area contributed by atoms with Gasteiger partial charge in [0.2, 0.25) is 0 Å². The topological polar surface area (TPSA) is 103 Å². The molecule has 0 aliphatic rings. The van der Waals surface area contributed by atoms with Crippen molar-refractivity contribution in [1.29, 1.82) is 0 Å². The molecule has 218 valence electrons. The van der Waals surface area contributed by atoms with Gasteiger partial charge in [0.05, 0.1) is 5.69 Å². The molecule has 0 spiro atoms. The summed E-state index contributed by atoms with van der Waals surface area (Å²) in [6.45, 7) is 9.30. The van der Waals surface area contributed by atoms with Gasteiger partial charge in [0, 0.05) is 45.5 Å². The van der Waals surface area contributed by atoms with Crippen molar-refractivity contribution in [2.75, 3.05) is 11.6 Å². The Kier molecular flexibility index (Phi) is 10.8. The summed E-state index contributed by atoms with van der Waals surface area (Å²) >= 11 is 0. The van der Waals surface area contributed by atoms with Crippen molar-refractivity contribution in [3.63, 3.8) is 0 Å². The van der Waals surface area contributed by atoms with Crippen molar-refractivity contribution in [2.45, 2.75) is 31.8 Å². The van der Waals surface area contributed by atoms with Gasteiger partial charge in [-0.2, -0.15) is 18.3 Å². The van der Waals surface area contributed by atoms with Crippen molar-refractivity contribution in [1.82, 2.24) is 25.0 Å². The Bertz CT molecular complexity index is 1630. The molecule has 0 bridgehead atoms. The predicted molar refractivity (Wildman–Crippen MR) is 158 cm³/mol. The lowest BCUT2D eigenvalue weighted by Crippen LogP contribution is -2.16. The Morgan fingerprint density at radius 2 is 1.83 bits per heavy atom. The van der Waals surface area contributed by atoms with E-state index in [9.17, 15) is 22.2 Å². The van der Waals surface area contributed by atoms with Crippen LogP contribution in [0, 0.1) is 0 Å². The number of halogens is 3. The van der Waals surface area contributed by atoms with Crippen molar-refractivity contribution < 1.29 is 22.2 Å². The summed E-state index contributed by atoms with van der Waals surface area (Å²) in [7, 11) is -1.18. The number of hydrogen-bond donors (Lipinski definition) is 1.